The van der Waals surface area contributed by atoms with Crippen molar-refractivity contribution < 1.29 is 9.84 Å². The molecule has 3 nitrogen and oxygen atoms in total. The molecule has 17 heavy (non-hydrogen) atoms. The highest BCUT2D eigenvalue weighted by Crippen LogP contribution is 2.26. The minimum Gasteiger partial charge on any atom is -0.493 e. The van der Waals surface area contributed by atoms with Crippen LogP contribution in [0.25, 0.3) is 0 Å². The third-order valence-corrected chi connectivity index (χ3v) is 3.52. The number of hydrogen-bond acceptors (Lipinski definition) is 3. The third-order valence-electron chi connectivity index (χ3n) is 3.52. The standard InChI is InChI=1S/C14H21NO2/c1-11(10-16)15(2)7-5-12-3-4-14-13(9-12)6-8-17-14/h3-4,9,11,16H,5-8,10H2,1-2H3. The van der Waals surface area contributed by atoms with E-state index in [9.17, 15) is 0 Å². The van der Waals surface area contributed by atoms with Crippen molar-refractivity contribution in [1.82, 2.24) is 4.90 Å². The molecule has 0 spiro atoms. The van der Waals surface area contributed by atoms with Crippen molar-refractivity contribution in [3.8, 4) is 5.75 Å². The summed E-state index contributed by atoms with van der Waals surface area (Å²) in [6.07, 6.45) is 2.06. The van der Waals surface area contributed by atoms with Gasteiger partial charge >= 0.3 is 0 Å². The number of aliphatic hydroxyl groups is 1. The van der Waals surface area contributed by atoms with Crippen LogP contribution >= 0.6 is 0 Å². The highest BCUT2D eigenvalue weighted by molar-refractivity contribution is 5.39. The van der Waals surface area contributed by atoms with Crippen LogP contribution in [0.15, 0.2) is 18.2 Å². The molecule has 94 valence electrons. The maximum Gasteiger partial charge on any atom is 0.122 e. The summed E-state index contributed by atoms with van der Waals surface area (Å²) in [4.78, 5) is 2.18. The lowest BCUT2D eigenvalue weighted by molar-refractivity contribution is 0.160. The van der Waals surface area contributed by atoms with Gasteiger partial charge in [-0.05, 0) is 37.6 Å². The summed E-state index contributed by atoms with van der Waals surface area (Å²) in [5, 5.41) is 9.07. The molecule has 2 rings (SSSR count). The topological polar surface area (TPSA) is 32.7 Å². The van der Waals surface area contributed by atoms with Crippen LogP contribution in [0, 0.1) is 0 Å². The van der Waals surface area contributed by atoms with E-state index in [0.29, 0.717) is 0 Å². The van der Waals surface area contributed by atoms with Gasteiger partial charge in [-0.2, -0.15) is 0 Å². The molecule has 0 saturated carbocycles. The van der Waals surface area contributed by atoms with E-state index in [4.69, 9.17) is 9.84 Å². The Labute approximate surface area is 103 Å². The zero-order chi connectivity index (χ0) is 12.3. The number of ether oxygens (including phenoxy) is 1. The molecule has 1 aliphatic heterocycles. The van der Waals surface area contributed by atoms with Gasteiger partial charge in [0.15, 0.2) is 0 Å². The summed E-state index contributed by atoms with van der Waals surface area (Å²) in [5.74, 6) is 1.05. The summed E-state index contributed by atoms with van der Waals surface area (Å²) >= 11 is 0. The lowest BCUT2D eigenvalue weighted by Crippen LogP contribution is -2.33. The van der Waals surface area contributed by atoms with Crippen molar-refractivity contribution >= 4 is 0 Å². The van der Waals surface area contributed by atoms with Gasteiger partial charge in [-0.3, -0.25) is 0 Å². The van der Waals surface area contributed by atoms with Gasteiger partial charge in [0, 0.05) is 19.0 Å². The molecule has 1 heterocycles. The number of aliphatic hydroxyl groups excluding tert-OH is 1. The quantitative estimate of drug-likeness (QED) is 0.839. The summed E-state index contributed by atoms with van der Waals surface area (Å²) in [7, 11) is 2.05. The number of fused-ring (bicyclic) bond motifs is 1. The molecule has 1 unspecified atom stereocenters. The first-order valence-corrected chi connectivity index (χ1v) is 6.26. The van der Waals surface area contributed by atoms with Crippen molar-refractivity contribution in [1.29, 1.82) is 0 Å². The first-order valence-electron chi connectivity index (χ1n) is 6.26. The van der Waals surface area contributed by atoms with Crippen molar-refractivity contribution in [2.75, 3.05) is 26.8 Å². The fourth-order valence-corrected chi connectivity index (χ4v) is 2.06. The maximum atomic E-state index is 9.07. The van der Waals surface area contributed by atoms with Crippen molar-refractivity contribution in [2.45, 2.75) is 25.8 Å². The molecule has 0 aliphatic carbocycles. The minimum atomic E-state index is 0.217. The average molecular weight is 235 g/mol. The molecule has 0 aromatic heterocycles. The van der Waals surface area contributed by atoms with Gasteiger partial charge in [0.2, 0.25) is 0 Å². The van der Waals surface area contributed by atoms with E-state index in [1.165, 1.54) is 11.1 Å². The van der Waals surface area contributed by atoms with E-state index in [1.54, 1.807) is 0 Å². The second-order valence-corrected chi connectivity index (χ2v) is 4.80. The van der Waals surface area contributed by atoms with Crippen LogP contribution in [0.3, 0.4) is 0 Å². The minimum absolute atomic E-state index is 0.217. The molecule has 1 aromatic carbocycles. The summed E-state index contributed by atoms with van der Waals surface area (Å²) < 4.78 is 5.49. The molecule has 3 heteroatoms. The van der Waals surface area contributed by atoms with Crippen molar-refractivity contribution in [3.63, 3.8) is 0 Å². The predicted octanol–water partition coefficient (Wildman–Crippen LogP) is 1.48. The number of nitrogens with zero attached hydrogens (tertiary/aromatic N) is 1. The molecular weight excluding hydrogens is 214 g/mol. The number of likely N-dealkylation sites (N-methyl/N-ethyl adjacent to an activating group) is 1. The van der Waals surface area contributed by atoms with Crippen LogP contribution in [-0.2, 0) is 12.8 Å². The van der Waals surface area contributed by atoms with Crippen LogP contribution in [0.1, 0.15) is 18.1 Å². The highest BCUT2D eigenvalue weighted by atomic mass is 16.5. The van der Waals surface area contributed by atoms with Crippen molar-refractivity contribution in [3.05, 3.63) is 29.3 Å². The number of hydrogen-bond donors (Lipinski definition) is 1. The highest BCUT2D eigenvalue weighted by Gasteiger charge is 2.12. The van der Waals surface area contributed by atoms with Crippen LogP contribution in [-0.4, -0.2) is 42.9 Å². The lowest BCUT2D eigenvalue weighted by Gasteiger charge is -2.22. The molecule has 0 radical (unpaired) electrons. The van der Waals surface area contributed by atoms with E-state index in [-0.39, 0.29) is 12.6 Å². The second kappa shape index (κ2) is 5.52. The molecule has 1 N–H and O–H groups in total. The van der Waals surface area contributed by atoms with E-state index in [0.717, 1.165) is 31.7 Å². The van der Waals surface area contributed by atoms with E-state index in [1.807, 2.05) is 6.92 Å². The van der Waals surface area contributed by atoms with Crippen LogP contribution in [0.4, 0.5) is 0 Å². The van der Waals surface area contributed by atoms with Gasteiger partial charge in [0.05, 0.1) is 13.2 Å². The summed E-state index contributed by atoms with van der Waals surface area (Å²) in [6.45, 7) is 4.05. The first-order chi connectivity index (χ1) is 8.20. The molecule has 1 atom stereocenters. The molecule has 0 amide bonds. The third kappa shape index (κ3) is 2.99. The lowest BCUT2D eigenvalue weighted by atomic mass is 10.1. The fraction of sp³-hybridized carbons (Fsp3) is 0.571. The average Bonchev–Trinajstić information content (AvgIpc) is 2.82. The number of rotatable bonds is 5. The van der Waals surface area contributed by atoms with Crippen LogP contribution in [0.2, 0.25) is 0 Å². The molecule has 1 aliphatic rings. The van der Waals surface area contributed by atoms with Gasteiger partial charge in [-0.1, -0.05) is 12.1 Å². The molecular formula is C14H21NO2. The normalized spacial score (nSPS) is 15.8. The SMILES string of the molecule is CC(CO)N(C)CCc1ccc2c(c1)CCO2. The molecule has 0 saturated heterocycles. The second-order valence-electron chi connectivity index (χ2n) is 4.80. The Morgan fingerprint density at radius 3 is 3.06 bits per heavy atom. The Morgan fingerprint density at radius 2 is 2.29 bits per heavy atom. The van der Waals surface area contributed by atoms with E-state index in [2.05, 4.69) is 30.1 Å². The molecule has 1 aromatic rings. The van der Waals surface area contributed by atoms with Gasteiger partial charge in [-0.15, -0.1) is 0 Å². The van der Waals surface area contributed by atoms with E-state index >= 15 is 0 Å². The smallest absolute Gasteiger partial charge is 0.122 e. The fourth-order valence-electron chi connectivity index (χ4n) is 2.06. The summed E-state index contributed by atoms with van der Waals surface area (Å²) in [5.41, 5.74) is 2.69. The Hall–Kier alpha value is -1.06. The maximum absolute atomic E-state index is 9.07. The Morgan fingerprint density at radius 1 is 1.47 bits per heavy atom. The van der Waals surface area contributed by atoms with E-state index < -0.39 is 0 Å². The van der Waals surface area contributed by atoms with Gasteiger partial charge < -0.3 is 14.7 Å². The zero-order valence-electron chi connectivity index (χ0n) is 10.6. The Kier molecular flexibility index (Phi) is 4.02. The van der Waals surface area contributed by atoms with Gasteiger partial charge in [0.25, 0.3) is 0 Å². The monoisotopic (exact) mass is 235 g/mol. The number of benzene rings is 1. The van der Waals surface area contributed by atoms with Crippen LogP contribution in [0.5, 0.6) is 5.75 Å². The first kappa shape index (κ1) is 12.4. The molecule has 0 fully saturated rings. The largest absolute Gasteiger partial charge is 0.493 e. The molecule has 0 bridgehead atoms. The predicted molar refractivity (Wildman–Crippen MR) is 68.5 cm³/mol. The van der Waals surface area contributed by atoms with Crippen LogP contribution < -0.4 is 4.74 Å². The van der Waals surface area contributed by atoms with Gasteiger partial charge in [-0.25, -0.2) is 0 Å². The summed E-state index contributed by atoms with van der Waals surface area (Å²) in [6, 6.07) is 6.70. The zero-order valence-corrected chi connectivity index (χ0v) is 10.6. The van der Waals surface area contributed by atoms with Gasteiger partial charge in [0.1, 0.15) is 5.75 Å². The van der Waals surface area contributed by atoms with Crippen molar-refractivity contribution in [2.24, 2.45) is 0 Å². The Bertz CT molecular complexity index is 378. The Balaban J connectivity index is 1.91.